The molecule has 1 saturated heterocycles. The molecular formula is C28H48N2O5. The van der Waals surface area contributed by atoms with Gasteiger partial charge in [-0.2, -0.15) is 0 Å². The predicted octanol–water partition coefficient (Wildman–Crippen LogP) is 5.31. The summed E-state index contributed by atoms with van der Waals surface area (Å²) in [5.74, 6) is 0.805. The van der Waals surface area contributed by atoms with E-state index in [1.54, 1.807) is 32.3 Å². The van der Waals surface area contributed by atoms with Crippen molar-refractivity contribution in [1.82, 2.24) is 9.80 Å². The lowest BCUT2D eigenvalue weighted by atomic mass is 9.91. The normalized spacial score (nSPS) is 24.9. The van der Waals surface area contributed by atoms with Gasteiger partial charge in [0.05, 0.1) is 7.11 Å². The third kappa shape index (κ3) is 10.9. The van der Waals surface area contributed by atoms with Gasteiger partial charge in [-0.15, -0.1) is 0 Å². The smallest absolute Gasteiger partial charge is 0.329 e. The number of carbonyl (C=O) groups is 3. The molecule has 0 radical (unpaired) electrons. The molecule has 1 rings (SSSR count). The highest BCUT2D eigenvalue weighted by atomic mass is 16.5. The summed E-state index contributed by atoms with van der Waals surface area (Å²) in [5.41, 5.74) is 0. The van der Waals surface area contributed by atoms with E-state index in [-0.39, 0.29) is 35.7 Å². The zero-order valence-electron chi connectivity index (χ0n) is 23.2. The fourth-order valence-electron chi connectivity index (χ4n) is 4.47. The molecule has 2 amide bonds. The largest absolute Gasteiger partial charge is 0.501 e. The number of cyclic esters (lactones) is 1. The van der Waals surface area contributed by atoms with Crippen molar-refractivity contribution in [3.8, 4) is 0 Å². The van der Waals surface area contributed by atoms with Crippen LogP contribution in [0.15, 0.2) is 24.1 Å². The maximum Gasteiger partial charge on any atom is 0.329 e. The van der Waals surface area contributed by atoms with Crippen LogP contribution in [0.1, 0.15) is 86.0 Å². The maximum absolute atomic E-state index is 13.1. The van der Waals surface area contributed by atoms with E-state index in [0.717, 1.165) is 38.5 Å². The van der Waals surface area contributed by atoms with Crippen molar-refractivity contribution in [2.24, 2.45) is 17.8 Å². The minimum Gasteiger partial charge on any atom is -0.501 e. The summed E-state index contributed by atoms with van der Waals surface area (Å²) < 4.78 is 11.2. The molecule has 0 aromatic heterocycles. The van der Waals surface area contributed by atoms with Crippen LogP contribution in [-0.4, -0.2) is 60.9 Å². The number of amides is 2. The lowest BCUT2D eigenvalue weighted by Crippen LogP contribution is -2.46. The zero-order chi connectivity index (χ0) is 26.5. The fraction of sp³-hybridized carbons (Fsp3) is 0.750. The third-order valence-corrected chi connectivity index (χ3v) is 6.69. The van der Waals surface area contributed by atoms with Crippen LogP contribution in [0.2, 0.25) is 0 Å². The van der Waals surface area contributed by atoms with Gasteiger partial charge in [-0.25, -0.2) is 4.79 Å². The number of likely N-dealkylation sites (N-methyl/N-ethyl adjacent to an activating group) is 2. The van der Waals surface area contributed by atoms with E-state index >= 15 is 0 Å². The van der Waals surface area contributed by atoms with Crippen LogP contribution in [0.5, 0.6) is 0 Å². The topological polar surface area (TPSA) is 76.2 Å². The molecule has 1 aliphatic heterocycles. The average molecular weight is 493 g/mol. The molecule has 7 heteroatoms. The molecule has 1 heterocycles. The Hall–Kier alpha value is -2.31. The van der Waals surface area contributed by atoms with Gasteiger partial charge in [0.1, 0.15) is 17.9 Å². The second kappa shape index (κ2) is 15.6. The lowest BCUT2D eigenvalue weighted by Gasteiger charge is -2.31. The summed E-state index contributed by atoms with van der Waals surface area (Å²) >= 11 is 0. The molecule has 1 aliphatic rings. The number of ether oxygens (including phenoxy) is 2. The third-order valence-electron chi connectivity index (χ3n) is 6.69. The summed E-state index contributed by atoms with van der Waals surface area (Å²) in [6, 6.07) is -0.548. The quantitative estimate of drug-likeness (QED) is 0.179. The number of esters is 1. The van der Waals surface area contributed by atoms with E-state index in [0.29, 0.717) is 24.5 Å². The molecule has 1 fully saturated rings. The summed E-state index contributed by atoms with van der Waals surface area (Å²) in [7, 11) is 5.02. The Bertz CT molecular complexity index is 740. The first-order valence-electron chi connectivity index (χ1n) is 13.1. The molecule has 0 unspecified atom stereocenters. The molecule has 0 N–H and O–H groups in total. The number of methoxy groups -OCH3 is 1. The highest BCUT2D eigenvalue weighted by molar-refractivity contribution is 5.88. The van der Waals surface area contributed by atoms with Crippen LogP contribution in [0.3, 0.4) is 0 Å². The standard InChI is InChI=1S/C28H48N2O5/c1-9-23(34-8)19-26(31)29(6)16-12-10-11-13-24-15-14-21(4)18-22(5)27(32)30(7)25(17-20(2)3)28(33)35-24/h12,16,19-22,24-25H,9-11,13-15,17-18H2,1-8H3/b16-12-,23-19-/t21-,22+,24-,25-/m0/s1. The fourth-order valence-corrected chi connectivity index (χ4v) is 4.47. The molecule has 0 aliphatic carbocycles. The monoisotopic (exact) mass is 492 g/mol. The molecule has 4 atom stereocenters. The molecular weight excluding hydrogens is 444 g/mol. The molecule has 0 aromatic rings. The molecule has 35 heavy (non-hydrogen) atoms. The Labute approximate surface area is 212 Å². The minimum atomic E-state index is -0.548. The van der Waals surface area contributed by atoms with E-state index in [1.807, 2.05) is 19.9 Å². The summed E-state index contributed by atoms with van der Waals surface area (Å²) in [5, 5.41) is 0. The van der Waals surface area contributed by atoms with Gasteiger partial charge in [-0.3, -0.25) is 9.59 Å². The van der Waals surface area contributed by atoms with E-state index < -0.39 is 6.04 Å². The molecule has 0 spiro atoms. The number of unbranched alkanes of at least 4 members (excludes halogenated alkanes) is 1. The summed E-state index contributed by atoms with van der Waals surface area (Å²) in [6.07, 6.45) is 11.3. The van der Waals surface area contributed by atoms with E-state index in [4.69, 9.17) is 9.47 Å². The molecule has 0 bridgehead atoms. The van der Waals surface area contributed by atoms with Gasteiger partial charge in [-0.05, 0) is 56.8 Å². The predicted molar refractivity (Wildman–Crippen MR) is 139 cm³/mol. The Morgan fingerprint density at radius 3 is 2.54 bits per heavy atom. The first-order chi connectivity index (χ1) is 16.5. The number of nitrogens with zero attached hydrogens (tertiary/aromatic N) is 2. The van der Waals surface area contributed by atoms with E-state index in [2.05, 4.69) is 20.8 Å². The average Bonchev–Trinajstić information content (AvgIpc) is 2.82. The highest BCUT2D eigenvalue weighted by Gasteiger charge is 2.34. The van der Waals surface area contributed by atoms with Crippen LogP contribution in [0.25, 0.3) is 0 Å². The number of hydrogen-bond donors (Lipinski definition) is 0. The van der Waals surface area contributed by atoms with Gasteiger partial charge < -0.3 is 19.3 Å². The van der Waals surface area contributed by atoms with Crippen molar-refractivity contribution in [2.75, 3.05) is 21.2 Å². The highest BCUT2D eigenvalue weighted by Crippen LogP contribution is 2.26. The first kappa shape index (κ1) is 30.7. The zero-order valence-corrected chi connectivity index (χ0v) is 23.2. The first-order valence-corrected chi connectivity index (χ1v) is 13.1. The maximum atomic E-state index is 13.1. The van der Waals surface area contributed by atoms with Crippen molar-refractivity contribution in [3.63, 3.8) is 0 Å². The van der Waals surface area contributed by atoms with Crippen LogP contribution in [-0.2, 0) is 23.9 Å². The van der Waals surface area contributed by atoms with Gasteiger partial charge in [-0.1, -0.05) is 40.7 Å². The van der Waals surface area contributed by atoms with Crippen molar-refractivity contribution >= 4 is 17.8 Å². The van der Waals surface area contributed by atoms with Crippen LogP contribution < -0.4 is 0 Å². The Morgan fingerprint density at radius 1 is 1.26 bits per heavy atom. The second-order valence-corrected chi connectivity index (χ2v) is 10.4. The van der Waals surface area contributed by atoms with Crippen molar-refractivity contribution in [2.45, 2.75) is 98.1 Å². The van der Waals surface area contributed by atoms with Gasteiger partial charge >= 0.3 is 5.97 Å². The van der Waals surface area contributed by atoms with Crippen molar-refractivity contribution in [1.29, 1.82) is 0 Å². The minimum absolute atomic E-state index is 0.0214. The summed E-state index contributed by atoms with van der Waals surface area (Å²) in [6.45, 7) is 10.2. The number of rotatable bonds is 10. The lowest BCUT2D eigenvalue weighted by molar-refractivity contribution is -0.160. The van der Waals surface area contributed by atoms with Crippen molar-refractivity contribution in [3.05, 3.63) is 24.1 Å². The van der Waals surface area contributed by atoms with Crippen LogP contribution in [0.4, 0.5) is 0 Å². The SMILES string of the molecule is CC/C(=C/C(=O)N(C)/C=C\CCC[C@H]1CC[C@H](C)C[C@@H](C)C(=O)N(C)[C@@H](CC(C)C)C(=O)O1)OC. The van der Waals surface area contributed by atoms with Gasteiger partial charge in [0, 0.05) is 38.7 Å². The molecule has 0 aromatic carbocycles. The van der Waals surface area contributed by atoms with Crippen LogP contribution in [0, 0.1) is 17.8 Å². The molecule has 0 saturated carbocycles. The van der Waals surface area contributed by atoms with Gasteiger partial charge in [0.15, 0.2) is 0 Å². The van der Waals surface area contributed by atoms with E-state index in [1.165, 1.54) is 11.0 Å². The number of hydrogen-bond acceptors (Lipinski definition) is 5. The van der Waals surface area contributed by atoms with Crippen molar-refractivity contribution < 1.29 is 23.9 Å². The van der Waals surface area contributed by atoms with Crippen LogP contribution >= 0.6 is 0 Å². The summed E-state index contributed by atoms with van der Waals surface area (Å²) in [4.78, 5) is 41.5. The van der Waals surface area contributed by atoms with Gasteiger partial charge in [0.2, 0.25) is 5.91 Å². The Kier molecular flexibility index (Phi) is 13.7. The molecule has 200 valence electrons. The Morgan fingerprint density at radius 2 is 1.94 bits per heavy atom. The van der Waals surface area contributed by atoms with Gasteiger partial charge in [0.25, 0.3) is 5.91 Å². The number of allylic oxidation sites excluding steroid dienone is 2. The Balaban J connectivity index is 2.78. The second-order valence-electron chi connectivity index (χ2n) is 10.4. The molecule has 7 nitrogen and oxygen atoms in total. The number of carbonyl (C=O) groups excluding carboxylic acids is 3. The van der Waals surface area contributed by atoms with E-state index in [9.17, 15) is 14.4 Å².